The summed E-state index contributed by atoms with van der Waals surface area (Å²) in [6.45, 7) is 0.485. The number of aromatic nitrogens is 1. The quantitative estimate of drug-likeness (QED) is 0.273. The van der Waals surface area contributed by atoms with Crippen LogP contribution < -0.4 is 4.74 Å². The van der Waals surface area contributed by atoms with Crippen LogP contribution in [0.25, 0.3) is 16.3 Å². The van der Waals surface area contributed by atoms with Crippen molar-refractivity contribution in [3.05, 3.63) is 94.9 Å². The maximum Gasteiger partial charge on any atom is 0.156 e. The number of nitriles is 1. The highest BCUT2D eigenvalue weighted by Gasteiger charge is 2.09. The van der Waals surface area contributed by atoms with Crippen molar-refractivity contribution in [1.29, 1.82) is 5.26 Å². The van der Waals surface area contributed by atoms with Crippen molar-refractivity contribution in [2.24, 2.45) is 0 Å². The molecule has 28 heavy (non-hydrogen) atoms. The van der Waals surface area contributed by atoms with E-state index in [4.69, 9.17) is 4.74 Å². The highest BCUT2D eigenvalue weighted by atomic mass is 32.2. The van der Waals surface area contributed by atoms with Crippen LogP contribution in [0.3, 0.4) is 0 Å². The van der Waals surface area contributed by atoms with Crippen molar-refractivity contribution in [3.8, 4) is 11.8 Å². The maximum atomic E-state index is 9.62. The highest BCUT2D eigenvalue weighted by Crippen LogP contribution is 2.35. The monoisotopic (exact) mass is 400 g/mol. The molecule has 0 aliphatic heterocycles. The molecule has 0 radical (unpaired) electrons. The zero-order chi connectivity index (χ0) is 19.2. The molecule has 4 rings (SSSR count). The molecule has 0 bridgehead atoms. The lowest BCUT2D eigenvalue weighted by molar-refractivity contribution is 0.305. The number of benzene rings is 3. The summed E-state index contributed by atoms with van der Waals surface area (Å²) >= 11 is 2.98. The molecule has 0 saturated carbocycles. The molecule has 136 valence electrons. The average Bonchev–Trinajstić information content (AvgIpc) is 3.15. The van der Waals surface area contributed by atoms with Gasteiger partial charge in [-0.05, 0) is 41.6 Å². The number of rotatable bonds is 6. The van der Waals surface area contributed by atoms with E-state index in [1.54, 1.807) is 11.3 Å². The number of para-hydroxylation sites is 2. The van der Waals surface area contributed by atoms with Crippen LogP contribution in [0.15, 0.2) is 88.1 Å². The van der Waals surface area contributed by atoms with Gasteiger partial charge in [-0.2, -0.15) is 5.26 Å². The molecule has 0 N–H and O–H groups in total. The molecule has 5 heteroatoms. The van der Waals surface area contributed by atoms with Crippen molar-refractivity contribution >= 4 is 39.4 Å². The molecule has 0 aliphatic rings. The standard InChI is InChI=1S/C23H16N2OS2/c24-15-19(27-23-25-20-11-5-7-13-22(20)28-23)14-18-10-4-6-12-21(18)26-16-17-8-2-1-3-9-17/h1-14H,16H2. The number of thiazole rings is 1. The maximum absolute atomic E-state index is 9.62. The molecule has 0 saturated heterocycles. The Morgan fingerprint density at radius 3 is 2.57 bits per heavy atom. The van der Waals surface area contributed by atoms with Crippen LogP contribution in [0.1, 0.15) is 11.1 Å². The first-order chi connectivity index (χ1) is 13.8. The van der Waals surface area contributed by atoms with E-state index in [0.717, 1.165) is 31.4 Å². The first-order valence-corrected chi connectivity index (χ1v) is 10.4. The molecule has 3 nitrogen and oxygen atoms in total. The number of allylic oxidation sites excluding steroid dienone is 1. The second-order valence-corrected chi connectivity index (χ2v) is 8.30. The van der Waals surface area contributed by atoms with Crippen LogP contribution in [0.2, 0.25) is 0 Å². The summed E-state index contributed by atoms with van der Waals surface area (Å²) in [5.74, 6) is 0.754. The lowest BCUT2D eigenvalue weighted by atomic mass is 10.2. The Morgan fingerprint density at radius 2 is 1.75 bits per heavy atom. The lowest BCUT2D eigenvalue weighted by Crippen LogP contribution is -1.96. The Hall–Kier alpha value is -3.07. The smallest absolute Gasteiger partial charge is 0.156 e. The zero-order valence-corrected chi connectivity index (χ0v) is 16.5. The molecule has 0 amide bonds. The molecule has 0 atom stereocenters. The topological polar surface area (TPSA) is 45.9 Å². The summed E-state index contributed by atoms with van der Waals surface area (Å²) in [4.78, 5) is 5.18. The van der Waals surface area contributed by atoms with Crippen molar-refractivity contribution in [2.45, 2.75) is 10.9 Å². The average molecular weight is 401 g/mol. The van der Waals surface area contributed by atoms with Gasteiger partial charge in [0.1, 0.15) is 18.4 Å². The van der Waals surface area contributed by atoms with E-state index in [0.29, 0.717) is 11.5 Å². The molecule has 1 heterocycles. The highest BCUT2D eigenvalue weighted by molar-refractivity contribution is 8.05. The van der Waals surface area contributed by atoms with E-state index in [2.05, 4.69) is 11.1 Å². The summed E-state index contributed by atoms with van der Waals surface area (Å²) in [5, 5.41) is 9.62. The van der Waals surface area contributed by atoms with Gasteiger partial charge in [-0.1, -0.05) is 60.7 Å². The van der Waals surface area contributed by atoms with E-state index < -0.39 is 0 Å². The van der Waals surface area contributed by atoms with Gasteiger partial charge in [-0.15, -0.1) is 11.3 Å². The normalized spacial score (nSPS) is 11.3. The van der Waals surface area contributed by atoms with Crippen LogP contribution in [0.5, 0.6) is 5.75 Å². The van der Waals surface area contributed by atoms with Gasteiger partial charge in [0.05, 0.1) is 15.1 Å². The molecule has 0 spiro atoms. The Kier molecular flexibility index (Phi) is 5.72. The van der Waals surface area contributed by atoms with Crippen LogP contribution in [0.4, 0.5) is 0 Å². The van der Waals surface area contributed by atoms with Crippen molar-refractivity contribution in [1.82, 2.24) is 4.98 Å². The van der Waals surface area contributed by atoms with Crippen molar-refractivity contribution in [2.75, 3.05) is 0 Å². The fourth-order valence-electron chi connectivity index (χ4n) is 2.68. The Labute approximate surface area is 171 Å². The second kappa shape index (κ2) is 8.75. The van der Waals surface area contributed by atoms with E-state index in [1.165, 1.54) is 11.8 Å². The first-order valence-electron chi connectivity index (χ1n) is 8.73. The molecular formula is C23H16N2OS2. The minimum Gasteiger partial charge on any atom is -0.488 e. The van der Waals surface area contributed by atoms with Gasteiger partial charge in [0.2, 0.25) is 0 Å². The minimum absolute atomic E-state index is 0.485. The summed E-state index contributed by atoms with van der Waals surface area (Å²) in [6.07, 6.45) is 1.86. The van der Waals surface area contributed by atoms with Gasteiger partial charge < -0.3 is 4.74 Å². The number of ether oxygens (including phenoxy) is 1. The fourth-order valence-corrected chi connectivity index (χ4v) is 4.65. The summed E-state index contributed by atoms with van der Waals surface area (Å²) in [6, 6.07) is 28.1. The first kappa shape index (κ1) is 18.3. The molecule has 3 aromatic carbocycles. The van der Waals surface area contributed by atoms with Crippen LogP contribution in [-0.2, 0) is 6.61 Å². The number of hydrogen-bond donors (Lipinski definition) is 0. The Morgan fingerprint density at radius 1 is 1.00 bits per heavy atom. The van der Waals surface area contributed by atoms with Gasteiger partial charge in [-0.3, -0.25) is 0 Å². The van der Waals surface area contributed by atoms with Gasteiger partial charge >= 0.3 is 0 Å². The van der Waals surface area contributed by atoms with Crippen LogP contribution >= 0.6 is 23.1 Å². The molecule has 1 aromatic heterocycles. The van der Waals surface area contributed by atoms with Crippen molar-refractivity contribution in [3.63, 3.8) is 0 Å². The molecule has 0 fully saturated rings. The van der Waals surface area contributed by atoms with Gasteiger partial charge in [-0.25, -0.2) is 4.98 Å². The van der Waals surface area contributed by atoms with Crippen LogP contribution in [0, 0.1) is 11.3 Å². The van der Waals surface area contributed by atoms with Gasteiger partial charge in [0.25, 0.3) is 0 Å². The lowest BCUT2D eigenvalue weighted by Gasteiger charge is -2.09. The second-order valence-electron chi connectivity index (χ2n) is 5.98. The minimum atomic E-state index is 0.485. The van der Waals surface area contributed by atoms with E-state index in [9.17, 15) is 5.26 Å². The van der Waals surface area contributed by atoms with Crippen molar-refractivity contribution < 1.29 is 4.74 Å². The largest absolute Gasteiger partial charge is 0.488 e. The molecule has 0 unspecified atom stereocenters. The zero-order valence-electron chi connectivity index (χ0n) is 14.9. The Balaban J connectivity index is 1.55. The Bertz CT molecular complexity index is 1130. The predicted octanol–water partition coefficient (Wildman–Crippen LogP) is 6.53. The third-order valence-electron chi connectivity index (χ3n) is 4.02. The fraction of sp³-hybridized carbons (Fsp3) is 0.0435. The third kappa shape index (κ3) is 4.42. The molecule has 4 aromatic rings. The van der Waals surface area contributed by atoms with E-state index >= 15 is 0 Å². The van der Waals surface area contributed by atoms with Crippen LogP contribution in [-0.4, -0.2) is 4.98 Å². The number of thioether (sulfide) groups is 1. The summed E-state index contributed by atoms with van der Waals surface area (Å²) < 4.78 is 7.97. The SMILES string of the molecule is N#CC(=Cc1ccccc1OCc1ccccc1)Sc1nc2ccccc2s1. The number of fused-ring (bicyclic) bond motifs is 1. The molecule has 0 aliphatic carbocycles. The summed E-state index contributed by atoms with van der Waals surface area (Å²) in [7, 11) is 0. The molecular weight excluding hydrogens is 384 g/mol. The van der Waals surface area contributed by atoms with Gasteiger partial charge in [0, 0.05) is 5.56 Å². The van der Waals surface area contributed by atoms with E-state index in [1.807, 2.05) is 84.9 Å². The predicted molar refractivity (Wildman–Crippen MR) is 116 cm³/mol. The number of hydrogen-bond acceptors (Lipinski definition) is 5. The van der Waals surface area contributed by atoms with E-state index in [-0.39, 0.29) is 0 Å². The number of nitrogens with zero attached hydrogens (tertiary/aromatic N) is 2. The third-order valence-corrected chi connectivity index (χ3v) is 6.05. The summed E-state index contributed by atoms with van der Waals surface area (Å²) in [5.41, 5.74) is 2.94. The van der Waals surface area contributed by atoms with Gasteiger partial charge in [0.15, 0.2) is 4.34 Å².